The molecular weight excluding hydrogens is 362 g/mol. The van der Waals surface area contributed by atoms with Gasteiger partial charge in [-0.15, -0.1) is 0 Å². The van der Waals surface area contributed by atoms with Crippen molar-refractivity contribution >= 4 is 17.0 Å². The first-order valence-corrected chi connectivity index (χ1v) is 10.7. The molecule has 2 aliphatic carbocycles. The molecule has 0 radical (unpaired) electrons. The Morgan fingerprint density at radius 2 is 1.69 bits per heavy atom. The van der Waals surface area contributed by atoms with Crippen LogP contribution in [0.15, 0.2) is 34.9 Å². The Morgan fingerprint density at radius 3 is 2.31 bits per heavy atom. The van der Waals surface area contributed by atoms with E-state index in [2.05, 4.69) is 53.6 Å². The van der Waals surface area contributed by atoms with Gasteiger partial charge in [0.1, 0.15) is 0 Å². The highest BCUT2D eigenvalue weighted by Crippen LogP contribution is 2.45. The minimum absolute atomic E-state index is 0.0789. The zero-order valence-electron chi connectivity index (χ0n) is 17.2. The van der Waals surface area contributed by atoms with Crippen LogP contribution in [0, 0.1) is 0 Å². The van der Waals surface area contributed by atoms with Crippen molar-refractivity contribution in [3.05, 3.63) is 58.4 Å². The number of nitrogens with zero attached hydrogens (tertiary/aromatic N) is 2. The standard InChI is InChI=1S/C24H27N3O2/c1-13(2)15-4-6-16(7-5-15)14(3)25-23(28)19-12-20(17-8-9-17)26-24-21(19)22(27-29-24)18-10-11-18/h4-7,12-14,17-18H,8-11H2,1-3H3,(H,25,28). The molecule has 2 saturated carbocycles. The molecule has 0 spiro atoms. The molecule has 0 aliphatic heterocycles. The first-order valence-electron chi connectivity index (χ1n) is 10.7. The summed E-state index contributed by atoms with van der Waals surface area (Å²) in [5.41, 5.74) is 5.42. The molecule has 29 heavy (non-hydrogen) atoms. The van der Waals surface area contributed by atoms with Crippen molar-refractivity contribution in [2.24, 2.45) is 0 Å². The molecule has 5 nitrogen and oxygen atoms in total. The summed E-state index contributed by atoms with van der Waals surface area (Å²) in [6, 6.07) is 10.4. The van der Waals surface area contributed by atoms with Gasteiger partial charge in [-0.2, -0.15) is 0 Å². The number of carbonyl (C=O) groups is 1. The number of nitrogens with one attached hydrogen (secondary N) is 1. The highest BCUT2D eigenvalue weighted by Gasteiger charge is 2.34. The number of aromatic nitrogens is 2. The Morgan fingerprint density at radius 1 is 1.03 bits per heavy atom. The number of benzene rings is 1. The number of hydrogen-bond acceptors (Lipinski definition) is 4. The molecular formula is C24H27N3O2. The lowest BCUT2D eigenvalue weighted by molar-refractivity contribution is 0.0941. The predicted molar refractivity (Wildman–Crippen MR) is 112 cm³/mol. The van der Waals surface area contributed by atoms with Crippen molar-refractivity contribution in [2.75, 3.05) is 0 Å². The molecule has 1 N–H and O–H groups in total. The van der Waals surface area contributed by atoms with Crippen LogP contribution in [0.25, 0.3) is 11.1 Å². The quantitative estimate of drug-likeness (QED) is 0.596. The second-order valence-electron chi connectivity index (χ2n) is 8.91. The molecule has 1 amide bonds. The highest BCUT2D eigenvalue weighted by atomic mass is 16.5. The maximum atomic E-state index is 13.3. The van der Waals surface area contributed by atoms with Gasteiger partial charge in [-0.3, -0.25) is 4.79 Å². The molecule has 3 aromatic rings. The van der Waals surface area contributed by atoms with E-state index in [4.69, 9.17) is 4.52 Å². The van der Waals surface area contributed by atoms with E-state index in [1.54, 1.807) is 0 Å². The Bertz CT molecular complexity index is 1060. The fourth-order valence-corrected chi connectivity index (χ4v) is 3.92. The van der Waals surface area contributed by atoms with Crippen LogP contribution in [0.4, 0.5) is 0 Å². The topological polar surface area (TPSA) is 68.0 Å². The second kappa shape index (κ2) is 6.97. The number of hydrogen-bond donors (Lipinski definition) is 1. The molecule has 1 atom stereocenters. The number of pyridine rings is 1. The van der Waals surface area contributed by atoms with Crippen molar-refractivity contribution in [3.8, 4) is 0 Å². The number of fused-ring (bicyclic) bond motifs is 1. The van der Waals surface area contributed by atoms with Crippen LogP contribution < -0.4 is 5.32 Å². The van der Waals surface area contributed by atoms with Crippen LogP contribution in [-0.4, -0.2) is 16.0 Å². The first-order chi connectivity index (χ1) is 14.0. The molecule has 0 bridgehead atoms. The summed E-state index contributed by atoms with van der Waals surface area (Å²) in [5.74, 6) is 1.26. The molecule has 5 heteroatoms. The molecule has 1 aromatic carbocycles. The maximum Gasteiger partial charge on any atom is 0.259 e. The third kappa shape index (κ3) is 3.54. The van der Waals surface area contributed by atoms with E-state index in [0.717, 1.165) is 48.0 Å². The fraction of sp³-hybridized carbons (Fsp3) is 0.458. The summed E-state index contributed by atoms with van der Waals surface area (Å²) < 4.78 is 5.54. The van der Waals surface area contributed by atoms with Gasteiger partial charge in [0.2, 0.25) is 0 Å². The summed E-state index contributed by atoms with van der Waals surface area (Å²) in [6.07, 6.45) is 4.46. The van der Waals surface area contributed by atoms with Crippen LogP contribution >= 0.6 is 0 Å². The molecule has 1 unspecified atom stereocenters. The van der Waals surface area contributed by atoms with Gasteiger partial charge in [0, 0.05) is 17.5 Å². The summed E-state index contributed by atoms with van der Waals surface area (Å²) >= 11 is 0. The lowest BCUT2D eigenvalue weighted by atomic mass is 9.99. The van der Waals surface area contributed by atoms with Gasteiger partial charge in [0.05, 0.1) is 22.7 Å². The largest absolute Gasteiger partial charge is 0.345 e. The van der Waals surface area contributed by atoms with E-state index in [-0.39, 0.29) is 11.9 Å². The van der Waals surface area contributed by atoms with Gasteiger partial charge in [0.25, 0.3) is 11.6 Å². The smallest absolute Gasteiger partial charge is 0.259 e. The van der Waals surface area contributed by atoms with Gasteiger partial charge in [-0.25, -0.2) is 4.98 Å². The summed E-state index contributed by atoms with van der Waals surface area (Å²) in [6.45, 7) is 6.39. The molecule has 2 heterocycles. The van der Waals surface area contributed by atoms with E-state index in [1.165, 1.54) is 5.56 Å². The van der Waals surface area contributed by atoms with Crippen molar-refractivity contribution in [3.63, 3.8) is 0 Å². The molecule has 0 saturated heterocycles. The fourth-order valence-electron chi connectivity index (χ4n) is 3.92. The van der Waals surface area contributed by atoms with E-state index >= 15 is 0 Å². The minimum Gasteiger partial charge on any atom is -0.345 e. The molecule has 150 valence electrons. The number of rotatable bonds is 6. The van der Waals surface area contributed by atoms with Crippen LogP contribution in [0.5, 0.6) is 0 Å². The van der Waals surface area contributed by atoms with Gasteiger partial charge >= 0.3 is 0 Å². The third-order valence-electron chi connectivity index (χ3n) is 6.15. The van der Waals surface area contributed by atoms with Crippen molar-refractivity contribution < 1.29 is 9.32 Å². The van der Waals surface area contributed by atoms with Crippen LogP contribution in [0.3, 0.4) is 0 Å². The van der Waals surface area contributed by atoms with Crippen LogP contribution in [0.2, 0.25) is 0 Å². The van der Waals surface area contributed by atoms with Gasteiger partial charge in [-0.05, 0) is 55.7 Å². The Labute approximate surface area is 170 Å². The normalized spacial score (nSPS) is 17.7. The Hall–Kier alpha value is -2.69. The van der Waals surface area contributed by atoms with Crippen LogP contribution in [-0.2, 0) is 0 Å². The number of amides is 1. The highest BCUT2D eigenvalue weighted by molar-refractivity contribution is 6.06. The zero-order chi connectivity index (χ0) is 20.1. The zero-order valence-corrected chi connectivity index (χ0v) is 17.2. The Kier molecular flexibility index (Phi) is 4.41. The maximum absolute atomic E-state index is 13.3. The predicted octanol–water partition coefficient (Wildman–Crippen LogP) is 5.59. The SMILES string of the molecule is CC(C)c1ccc(C(C)NC(=O)c2cc(C3CC3)nc3onc(C4CC4)c23)cc1. The number of carbonyl (C=O) groups excluding carboxylic acids is 1. The average molecular weight is 389 g/mol. The lowest BCUT2D eigenvalue weighted by Crippen LogP contribution is -2.27. The van der Waals surface area contributed by atoms with E-state index < -0.39 is 0 Å². The Balaban J connectivity index is 1.46. The van der Waals surface area contributed by atoms with E-state index in [1.807, 2.05) is 13.0 Å². The molecule has 2 aliphatic rings. The van der Waals surface area contributed by atoms with Crippen LogP contribution in [0.1, 0.15) is 103 Å². The second-order valence-corrected chi connectivity index (χ2v) is 8.91. The van der Waals surface area contributed by atoms with E-state index in [0.29, 0.717) is 29.0 Å². The van der Waals surface area contributed by atoms with Crippen molar-refractivity contribution in [2.45, 2.75) is 70.3 Å². The van der Waals surface area contributed by atoms with Gasteiger partial charge < -0.3 is 9.84 Å². The molecule has 2 fully saturated rings. The lowest BCUT2D eigenvalue weighted by Gasteiger charge is -2.16. The summed E-state index contributed by atoms with van der Waals surface area (Å²) in [4.78, 5) is 18.0. The van der Waals surface area contributed by atoms with E-state index in [9.17, 15) is 4.79 Å². The monoisotopic (exact) mass is 389 g/mol. The summed E-state index contributed by atoms with van der Waals surface area (Å²) in [7, 11) is 0. The molecule has 2 aromatic heterocycles. The minimum atomic E-state index is -0.0828. The molecule has 5 rings (SSSR count). The average Bonchev–Trinajstić information content (AvgIpc) is 3.64. The van der Waals surface area contributed by atoms with Gasteiger partial charge in [-0.1, -0.05) is 43.3 Å². The van der Waals surface area contributed by atoms with Crippen molar-refractivity contribution in [1.82, 2.24) is 15.5 Å². The summed E-state index contributed by atoms with van der Waals surface area (Å²) in [5, 5.41) is 8.25. The van der Waals surface area contributed by atoms with Gasteiger partial charge in [0.15, 0.2) is 0 Å². The third-order valence-corrected chi connectivity index (χ3v) is 6.15. The van der Waals surface area contributed by atoms with Crippen molar-refractivity contribution in [1.29, 1.82) is 0 Å². The first kappa shape index (κ1) is 18.3.